The Balaban J connectivity index is 2.38. The molecule has 16 heavy (non-hydrogen) atoms. The van der Waals surface area contributed by atoms with Crippen LogP contribution in [0.25, 0.3) is 0 Å². The molecule has 0 radical (unpaired) electrons. The maximum absolute atomic E-state index is 10.4. The largest absolute Gasteiger partial charge is 0.481 e. The highest BCUT2D eigenvalue weighted by Gasteiger charge is 2.13. The first-order valence-corrected chi connectivity index (χ1v) is 6.75. The topological polar surface area (TPSA) is 70.4 Å². The summed E-state index contributed by atoms with van der Waals surface area (Å²) < 4.78 is 0.862. The standard InChI is InChI=1S/C10H15NO3S2/c1-10(2,14)3-4-15-9-11-7(6-16-9)5-8(12)13/h6,14H,3-5H2,1-2H3,(H,12,13). The molecule has 0 bridgehead atoms. The van der Waals surface area contributed by atoms with Crippen LogP contribution in [-0.2, 0) is 11.2 Å². The highest BCUT2D eigenvalue weighted by molar-refractivity contribution is 8.01. The summed E-state index contributed by atoms with van der Waals surface area (Å²) >= 11 is 3.00. The summed E-state index contributed by atoms with van der Waals surface area (Å²) in [5.74, 6) is -0.0814. The Morgan fingerprint density at radius 3 is 2.88 bits per heavy atom. The Morgan fingerprint density at radius 2 is 2.31 bits per heavy atom. The molecule has 4 nitrogen and oxygen atoms in total. The maximum atomic E-state index is 10.4. The average Bonchev–Trinajstić information content (AvgIpc) is 2.49. The zero-order valence-electron chi connectivity index (χ0n) is 9.27. The second-order valence-electron chi connectivity index (χ2n) is 4.09. The molecular weight excluding hydrogens is 246 g/mol. The first kappa shape index (κ1) is 13.5. The van der Waals surface area contributed by atoms with E-state index in [1.54, 1.807) is 31.0 Å². The van der Waals surface area contributed by atoms with Gasteiger partial charge in [0.05, 0.1) is 17.7 Å². The van der Waals surface area contributed by atoms with E-state index in [9.17, 15) is 9.90 Å². The fourth-order valence-corrected chi connectivity index (χ4v) is 3.15. The fraction of sp³-hybridized carbons (Fsp3) is 0.600. The monoisotopic (exact) mass is 261 g/mol. The van der Waals surface area contributed by atoms with Gasteiger partial charge in [-0.2, -0.15) is 0 Å². The van der Waals surface area contributed by atoms with Crippen LogP contribution in [0, 0.1) is 0 Å². The molecule has 0 unspecified atom stereocenters. The van der Waals surface area contributed by atoms with Crippen molar-refractivity contribution < 1.29 is 15.0 Å². The van der Waals surface area contributed by atoms with Crippen LogP contribution in [-0.4, -0.2) is 32.5 Å². The summed E-state index contributed by atoms with van der Waals surface area (Å²) in [7, 11) is 0. The van der Waals surface area contributed by atoms with Gasteiger partial charge in [-0.3, -0.25) is 4.79 Å². The second-order valence-corrected chi connectivity index (χ2v) is 6.29. The van der Waals surface area contributed by atoms with Gasteiger partial charge in [0.1, 0.15) is 4.34 Å². The van der Waals surface area contributed by atoms with E-state index in [0.717, 1.165) is 10.1 Å². The van der Waals surface area contributed by atoms with Crippen LogP contribution in [0.5, 0.6) is 0 Å². The van der Waals surface area contributed by atoms with Crippen molar-refractivity contribution in [1.29, 1.82) is 0 Å². The van der Waals surface area contributed by atoms with Crippen LogP contribution in [0.1, 0.15) is 26.0 Å². The quantitative estimate of drug-likeness (QED) is 0.767. The van der Waals surface area contributed by atoms with Gasteiger partial charge in [-0.15, -0.1) is 11.3 Å². The third-order valence-electron chi connectivity index (χ3n) is 1.80. The Bertz CT molecular complexity index is 357. The summed E-state index contributed by atoms with van der Waals surface area (Å²) in [6.07, 6.45) is 0.661. The number of carbonyl (C=O) groups is 1. The Morgan fingerprint density at radius 1 is 1.62 bits per heavy atom. The normalized spacial score (nSPS) is 11.7. The van der Waals surface area contributed by atoms with Gasteiger partial charge in [0.15, 0.2) is 0 Å². The number of aromatic nitrogens is 1. The smallest absolute Gasteiger partial charge is 0.309 e. The molecule has 0 fully saturated rings. The molecule has 0 amide bonds. The van der Waals surface area contributed by atoms with Crippen LogP contribution in [0.4, 0.5) is 0 Å². The SMILES string of the molecule is CC(C)(O)CCSc1nc(CC(=O)O)cs1. The summed E-state index contributed by atoms with van der Waals surface area (Å²) in [6.45, 7) is 3.54. The Labute approximate surface area is 103 Å². The number of rotatable bonds is 6. The van der Waals surface area contributed by atoms with E-state index in [1.807, 2.05) is 0 Å². The van der Waals surface area contributed by atoms with Crippen molar-refractivity contribution in [3.8, 4) is 0 Å². The molecule has 0 spiro atoms. The lowest BCUT2D eigenvalue weighted by Crippen LogP contribution is -2.18. The van der Waals surface area contributed by atoms with Gasteiger partial charge < -0.3 is 10.2 Å². The Kier molecular flexibility index (Phi) is 4.76. The van der Waals surface area contributed by atoms with Gasteiger partial charge >= 0.3 is 5.97 Å². The third kappa shape index (κ3) is 5.48. The molecule has 0 aliphatic heterocycles. The van der Waals surface area contributed by atoms with Crippen molar-refractivity contribution in [3.05, 3.63) is 11.1 Å². The van der Waals surface area contributed by atoms with Gasteiger partial charge in [0.2, 0.25) is 0 Å². The van der Waals surface area contributed by atoms with Crippen molar-refractivity contribution in [2.45, 2.75) is 36.6 Å². The number of carboxylic acids is 1. The number of thiazole rings is 1. The number of aliphatic hydroxyl groups is 1. The molecule has 1 heterocycles. The number of carboxylic acid groups (broad SMARTS) is 1. The fourth-order valence-electron chi connectivity index (χ4n) is 0.979. The predicted octanol–water partition coefficient (Wildman–Crippen LogP) is 2.02. The van der Waals surface area contributed by atoms with Gasteiger partial charge in [0.25, 0.3) is 0 Å². The van der Waals surface area contributed by atoms with E-state index >= 15 is 0 Å². The number of nitrogens with zero attached hydrogens (tertiary/aromatic N) is 1. The minimum atomic E-state index is -0.863. The molecule has 0 aliphatic carbocycles. The number of thioether (sulfide) groups is 1. The van der Waals surface area contributed by atoms with Crippen LogP contribution in [0.2, 0.25) is 0 Å². The third-order valence-corrected chi connectivity index (χ3v) is 3.87. The lowest BCUT2D eigenvalue weighted by Gasteiger charge is -2.15. The highest BCUT2D eigenvalue weighted by Crippen LogP contribution is 2.25. The molecule has 1 aromatic rings. The van der Waals surface area contributed by atoms with Crippen molar-refractivity contribution >= 4 is 29.1 Å². The lowest BCUT2D eigenvalue weighted by molar-refractivity contribution is -0.136. The van der Waals surface area contributed by atoms with E-state index in [-0.39, 0.29) is 6.42 Å². The van der Waals surface area contributed by atoms with Gasteiger partial charge in [0, 0.05) is 11.1 Å². The molecule has 1 aromatic heterocycles. The molecule has 0 saturated heterocycles. The zero-order chi connectivity index (χ0) is 12.2. The zero-order valence-corrected chi connectivity index (χ0v) is 10.9. The minimum Gasteiger partial charge on any atom is -0.481 e. The molecular formula is C10H15NO3S2. The molecule has 0 atom stereocenters. The lowest BCUT2D eigenvalue weighted by atomic mass is 10.1. The van der Waals surface area contributed by atoms with E-state index in [0.29, 0.717) is 12.1 Å². The van der Waals surface area contributed by atoms with E-state index in [1.165, 1.54) is 11.3 Å². The average molecular weight is 261 g/mol. The summed E-state index contributed by atoms with van der Waals surface area (Å²) in [5, 5.41) is 19.9. The molecule has 1 rings (SSSR count). The van der Waals surface area contributed by atoms with Crippen molar-refractivity contribution in [3.63, 3.8) is 0 Å². The van der Waals surface area contributed by atoms with Crippen molar-refractivity contribution in [2.24, 2.45) is 0 Å². The first-order chi connectivity index (χ1) is 7.37. The number of hydrogen-bond acceptors (Lipinski definition) is 5. The second kappa shape index (κ2) is 5.65. The van der Waals surface area contributed by atoms with E-state index in [2.05, 4.69) is 4.98 Å². The molecule has 90 valence electrons. The summed E-state index contributed by atoms with van der Waals surface area (Å²) in [4.78, 5) is 14.6. The highest BCUT2D eigenvalue weighted by atomic mass is 32.2. The molecule has 0 aliphatic rings. The molecule has 0 saturated carbocycles. The van der Waals surface area contributed by atoms with Crippen molar-refractivity contribution in [2.75, 3.05) is 5.75 Å². The van der Waals surface area contributed by atoms with Crippen LogP contribution >= 0.6 is 23.1 Å². The summed E-state index contributed by atoms with van der Waals surface area (Å²) in [5.41, 5.74) is -0.0583. The van der Waals surface area contributed by atoms with Crippen LogP contribution in [0.3, 0.4) is 0 Å². The van der Waals surface area contributed by atoms with Crippen molar-refractivity contribution in [1.82, 2.24) is 4.98 Å². The van der Waals surface area contributed by atoms with Gasteiger partial charge in [-0.05, 0) is 20.3 Å². The van der Waals surface area contributed by atoms with Crippen LogP contribution < -0.4 is 0 Å². The molecule has 0 aromatic carbocycles. The first-order valence-electron chi connectivity index (χ1n) is 4.88. The van der Waals surface area contributed by atoms with Gasteiger partial charge in [-0.1, -0.05) is 11.8 Å². The number of aliphatic carboxylic acids is 1. The van der Waals surface area contributed by atoms with E-state index < -0.39 is 11.6 Å². The number of hydrogen-bond donors (Lipinski definition) is 2. The molecule has 2 N–H and O–H groups in total. The van der Waals surface area contributed by atoms with Crippen LogP contribution in [0.15, 0.2) is 9.72 Å². The van der Waals surface area contributed by atoms with E-state index in [4.69, 9.17) is 5.11 Å². The maximum Gasteiger partial charge on any atom is 0.309 e. The van der Waals surface area contributed by atoms with Gasteiger partial charge in [-0.25, -0.2) is 4.98 Å². The Hall–Kier alpha value is -0.590. The molecule has 6 heteroatoms. The predicted molar refractivity (Wildman–Crippen MR) is 65.1 cm³/mol. The minimum absolute atomic E-state index is 0.0252. The summed E-state index contributed by atoms with van der Waals surface area (Å²) in [6, 6.07) is 0.